The molecule has 0 spiro atoms. The first-order valence-corrected chi connectivity index (χ1v) is 8.81. The number of pyridine rings is 1. The van der Waals surface area contributed by atoms with Crippen LogP contribution < -0.4 is 9.47 Å². The number of ether oxygens (including phenoxy) is 2. The van der Waals surface area contributed by atoms with Crippen molar-refractivity contribution in [2.45, 2.75) is 32.5 Å². The summed E-state index contributed by atoms with van der Waals surface area (Å²) in [4.78, 5) is 4.35. The van der Waals surface area contributed by atoms with Gasteiger partial charge in [0.1, 0.15) is 0 Å². The van der Waals surface area contributed by atoms with E-state index in [-0.39, 0.29) is 32.3 Å². The maximum atomic E-state index is 8.56. The molecule has 1 aliphatic heterocycles. The first kappa shape index (κ1) is 22.1. The molecule has 0 saturated carbocycles. The molecule has 0 fully saturated rings. The number of hydrogen-bond donors (Lipinski definition) is 2. The summed E-state index contributed by atoms with van der Waals surface area (Å²) in [5.41, 5.74) is 1.62. The fourth-order valence-corrected chi connectivity index (χ4v) is 2.69. The molecule has 0 aliphatic carbocycles. The summed E-state index contributed by atoms with van der Waals surface area (Å²) in [5, 5.41) is 17.1. The zero-order chi connectivity index (χ0) is 19.2. The Labute approximate surface area is 178 Å². The largest absolute Gasteiger partial charge is 0.494 e. The number of rotatable bonds is 3. The molecule has 0 saturated heterocycles. The van der Waals surface area contributed by atoms with Crippen LogP contribution in [0.1, 0.15) is 20.3 Å². The third-order valence-corrected chi connectivity index (χ3v) is 3.80. The monoisotopic (exact) mass is 557 g/mol. The maximum absolute atomic E-state index is 8.56. The van der Waals surface area contributed by atoms with Crippen LogP contribution in [0, 0.1) is 6.07 Å². The van der Waals surface area contributed by atoms with Crippen molar-refractivity contribution in [3.05, 3.63) is 66.9 Å². The number of benzene rings is 2. The van der Waals surface area contributed by atoms with Crippen LogP contribution in [0.4, 0.5) is 0 Å². The second-order valence-corrected chi connectivity index (χ2v) is 6.35. The Morgan fingerprint density at radius 1 is 0.893 bits per heavy atom. The van der Waals surface area contributed by atoms with Gasteiger partial charge in [-0.25, -0.2) is 0 Å². The van der Waals surface area contributed by atoms with Crippen molar-refractivity contribution in [1.29, 1.82) is 0 Å². The Bertz CT molecular complexity index is 879. The van der Waals surface area contributed by atoms with Crippen molar-refractivity contribution >= 4 is 0 Å². The minimum absolute atomic E-state index is 0. The summed E-state index contributed by atoms with van der Waals surface area (Å²) >= 11 is 0. The third-order valence-electron chi connectivity index (χ3n) is 3.80. The number of aliphatic hydroxyl groups excluding tert-OH is 2. The van der Waals surface area contributed by atoms with Gasteiger partial charge in [0.15, 0.2) is 11.5 Å². The molecule has 2 N–H and O–H groups in total. The van der Waals surface area contributed by atoms with Crippen LogP contribution in [0.25, 0.3) is 11.3 Å². The minimum atomic E-state index is -0.375. The summed E-state index contributed by atoms with van der Waals surface area (Å²) < 4.78 is 11.8. The number of aliphatic hydroxyl groups is 2. The van der Waals surface area contributed by atoms with Crippen molar-refractivity contribution < 1.29 is 39.8 Å². The zero-order valence-corrected chi connectivity index (χ0v) is 18.0. The van der Waals surface area contributed by atoms with E-state index < -0.39 is 0 Å². The maximum Gasteiger partial charge on any atom is 0.166 e. The van der Waals surface area contributed by atoms with Crippen molar-refractivity contribution in [3.8, 4) is 34.3 Å². The topological polar surface area (TPSA) is 71.8 Å². The molecule has 1 radical (unpaired) electrons. The molecule has 0 amide bonds. The molecular formula is C22H22IrNO4-. The van der Waals surface area contributed by atoms with Gasteiger partial charge >= 0.3 is 0 Å². The van der Waals surface area contributed by atoms with Crippen LogP contribution in [-0.4, -0.2) is 27.4 Å². The van der Waals surface area contributed by atoms with Gasteiger partial charge < -0.3 is 24.7 Å². The Morgan fingerprint density at radius 2 is 1.54 bits per heavy atom. The van der Waals surface area contributed by atoms with Gasteiger partial charge in [0, 0.05) is 26.3 Å². The number of fused-ring (bicyclic) bond motifs is 2. The van der Waals surface area contributed by atoms with Crippen molar-refractivity contribution in [2.75, 3.05) is 0 Å². The van der Waals surface area contributed by atoms with E-state index in [1.54, 1.807) is 20.0 Å². The Balaban J connectivity index is 0.000000306. The summed E-state index contributed by atoms with van der Waals surface area (Å²) in [6, 6.07) is 20.2. The van der Waals surface area contributed by atoms with E-state index >= 15 is 0 Å². The zero-order valence-electron chi connectivity index (χ0n) is 15.6. The van der Waals surface area contributed by atoms with Gasteiger partial charge in [0.2, 0.25) is 0 Å². The van der Waals surface area contributed by atoms with Crippen LogP contribution in [0.5, 0.6) is 23.0 Å². The predicted octanol–water partition coefficient (Wildman–Crippen LogP) is 4.58. The summed E-state index contributed by atoms with van der Waals surface area (Å²) in [6.07, 6.45) is 1.47. The van der Waals surface area contributed by atoms with Gasteiger partial charge in [-0.15, -0.1) is 12.1 Å². The molecule has 2 aromatic carbocycles. The first-order chi connectivity index (χ1) is 13.0. The number of nitrogens with zero attached hydrogens (tertiary/aromatic N) is 1. The van der Waals surface area contributed by atoms with Gasteiger partial charge in [-0.05, 0) is 44.2 Å². The average Bonchev–Trinajstić information content (AvgIpc) is 2.66. The van der Waals surface area contributed by atoms with Gasteiger partial charge in [-0.3, -0.25) is 0 Å². The average molecular weight is 557 g/mol. The molecule has 2 unspecified atom stereocenters. The molecule has 1 aromatic heterocycles. The first-order valence-electron chi connectivity index (χ1n) is 8.81. The van der Waals surface area contributed by atoms with E-state index in [4.69, 9.17) is 19.7 Å². The van der Waals surface area contributed by atoms with Crippen molar-refractivity contribution in [2.24, 2.45) is 0 Å². The molecule has 5 nitrogen and oxygen atoms in total. The molecule has 0 bridgehead atoms. The standard InChI is InChI=1S/C17H10NO2.C5H12O2.Ir/c1-2-9-15-14(8-1)19-16-10-5-6-12(17(16)20-15)13-7-3-4-11-18-13;1-4(6)3-5(2)7;/h1-5,7-11H;4-7H,3H2,1-2H3;/q-1;;. The van der Waals surface area contributed by atoms with Gasteiger partial charge in [0.25, 0.3) is 0 Å². The Kier molecular flexibility index (Phi) is 8.15. The van der Waals surface area contributed by atoms with Crippen LogP contribution in [0.3, 0.4) is 0 Å². The van der Waals surface area contributed by atoms with E-state index in [2.05, 4.69) is 11.1 Å². The van der Waals surface area contributed by atoms with Crippen LogP contribution in [0.15, 0.2) is 60.8 Å². The molecule has 149 valence electrons. The van der Waals surface area contributed by atoms with Gasteiger partial charge in [-0.2, -0.15) is 0 Å². The molecule has 28 heavy (non-hydrogen) atoms. The minimum Gasteiger partial charge on any atom is -0.494 e. The quantitative estimate of drug-likeness (QED) is 0.362. The smallest absolute Gasteiger partial charge is 0.166 e. The normalized spacial score (nSPS) is 13.1. The van der Waals surface area contributed by atoms with Gasteiger partial charge in [-0.1, -0.05) is 35.9 Å². The third kappa shape index (κ3) is 5.63. The Hall–Kier alpha value is -2.24. The van der Waals surface area contributed by atoms with Crippen molar-refractivity contribution in [3.63, 3.8) is 0 Å². The van der Waals surface area contributed by atoms with E-state index in [0.29, 0.717) is 23.7 Å². The number of hydrogen-bond acceptors (Lipinski definition) is 5. The second kappa shape index (κ2) is 10.3. The van der Waals surface area contributed by atoms with E-state index in [1.165, 1.54) is 0 Å². The predicted molar refractivity (Wildman–Crippen MR) is 103 cm³/mol. The molecule has 3 aromatic rings. The SMILES string of the molecule is CC(O)CC(C)O.[Ir].[c-]1ccc2c(c1-c1ccccn1)Oc1ccccc1O2. The van der Waals surface area contributed by atoms with Gasteiger partial charge in [0.05, 0.1) is 23.7 Å². The summed E-state index contributed by atoms with van der Waals surface area (Å²) in [5.74, 6) is 2.77. The van der Waals surface area contributed by atoms with E-state index in [9.17, 15) is 0 Å². The molecule has 2 atom stereocenters. The Morgan fingerprint density at radius 3 is 2.11 bits per heavy atom. The summed E-state index contributed by atoms with van der Waals surface area (Å²) in [6.45, 7) is 3.32. The molecular weight excluding hydrogens is 534 g/mol. The number of para-hydroxylation sites is 2. The van der Waals surface area contributed by atoms with Crippen molar-refractivity contribution in [1.82, 2.24) is 4.98 Å². The summed E-state index contributed by atoms with van der Waals surface area (Å²) in [7, 11) is 0. The van der Waals surface area contributed by atoms with Crippen LogP contribution >= 0.6 is 0 Å². The molecule has 1 aliphatic rings. The fraction of sp³-hybridized carbons (Fsp3) is 0.227. The van der Waals surface area contributed by atoms with Crippen LogP contribution in [0.2, 0.25) is 0 Å². The van der Waals surface area contributed by atoms with E-state index in [1.807, 2.05) is 54.6 Å². The van der Waals surface area contributed by atoms with E-state index in [0.717, 1.165) is 17.0 Å². The molecule has 4 rings (SSSR count). The molecule has 2 heterocycles. The molecule has 6 heteroatoms. The fourth-order valence-electron chi connectivity index (χ4n) is 2.69. The second-order valence-electron chi connectivity index (χ2n) is 6.35. The van der Waals surface area contributed by atoms with Crippen LogP contribution in [-0.2, 0) is 20.1 Å². The number of aromatic nitrogens is 1.